The Morgan fingerprint density at radius 1 is 1.38 bits per heavy atom. The van der Waals surface area contributed by atoms with Gasteiger partial charge in [0.1, 0.15) is 5.01 Å². The lowest BCUT2D eigenvalue weighted by atomic mass is 9.88. The summed E-state index contributed by atoms with van der Waals surface area (Å²) in [5.74, 6) is -0.458. The summed E-state index contributed by atoms with van der Waals surface area (Å²) in [7, 11) is 0. The highest BCUT2D eigenvalue weighted by Gasteiger charge is 2.31. The van der Waals surface area contributed by atoms with Crippen molar-refractivity contribution in [2.45, 2.75) is 40.5 Å². The average molecular weight is 314 g/mol. The normalized spacial score (nSPS) is 13.8. The fourth-order valence-electron chi connectivity index (χ4n) is 1.50. The predicted molar refractivity (Wildman–Crippen MR) is 81.5 cm³/mol. The minimum atomic E-state index is -0.971. The Morgan fingerprint density at radius 3 is 2.57 bits per heavy atom. The minimum absolute atomic E-state index is 0.0579. The molecule has 7 nitrogen and oxygen atoms in total. The molecule has 0 saturated carbocycles. The molecule has 21 heavy (non-hydrogen) atoms. The number of nitrogens with one attached hydrogen (secondary N) is 2. The van der Waals surface area contributed by atoms with Gasteiger partial charge in [-0.1, -0.05) is 32.1 Å². The molecule has 1 rings (SSSR count). The largest absolute Gasteiger partial charge is 0.481 e. The number of carboxylic acids is 1. The fraction of sp³-hybridized carbons (Fsp3) is 0.692. The van der Waals surface area contributed by atoms with E-state index >= 15 is 0 Å². The number of aliphatic carboxylic acids is 1. The molecule has 0 aliphatic rings. The second-order valence-corrected chi connectivity index (χ2v) is 6.69. The van der Waals surface area contributed by atoms with Crippen molar-refractivity contribution in [2.24, 2.45) is 11.3 Å². The van der Waals surface area contributed by atoms with E-state index in [4.69, 9.17) is 5.11 Å². The molecule has 0 saturated heterocycles. The Bertz CT molecular complexity index is 503. The molecule has 1 unspecified atom stereocenters. The van der Waals surface area contributed by atoms with Gasteiger partial charge < -0.3 is 10.4 Å². The Labute approximate surface area is 128 Å². The maximum atomic E-state index is 11.8. The van der Waals surface area contributed by atoms with E-state index in [1.807, 2.05) is 0 Å². The van der Waals surface area contributed by atoms with Gasteiger partial charge >= 0.3 is 12.0 Å². The molecule has 8 heteroatoms. The smallest absolute Gasteiger partial charge is 0.321 e. The van der Waals surface area contributed by atoms with Crippen molar-refractivity contribution in [3.8, 4) is 0 Å². The van der Waals surface area contributed by atoms with Gasteiger partial charge in [-0.15, -0.1) is 10.2 Å². The number of hydrogen-bond donors (Lipinski definition) is 3. The van der Waals surface area contributed by atoms with Gasteiger partial charge in [-0.3, -0.25) is 10.1 Å². The van der Waals surface area contributed by atoms with Crippen LogP contribution in [0.15, 0.2) is 0 Å². The van der Waals surface area contributed by atoms with Crippen LogP contribution >= 0.6 is 11.3 Å². The quantitative estimate of drug-likeness (QED) is 0.716. The lowest BCUT2D eigenvalue weighted by Crippen LogP contribution is -2.42. The highest BCUT2D eigenvalue weighted by molar-refractivity contribution is 7.15. The fourth-order valence-corrected chi connectivity index (χ4v) is 2.45. The Kier molecular flexibility index (Phi) is 6.07. The lowest BCUT2D eigenvalue weighted by Gasteiger charge is -2.22. The molecule has 118 valence electrons. The summed E-state index contributed by atoms with van der Waals surface area (Å²) in [5.41, 5.74) is -0.971. The van der Waals surface area contributed by atoms with Crippen LogP contribution < -0.4 is 10.6 Å². The number of amides is 2. The minimum Gasteiger partial charge on any atom is -0.481 e. The number of hydrogen-bond acceptors (Lipinski definition) is 5. The van der Waals surface area contributed by atoms with Gasteiger partial charge in [-0.05, 0) is 19.3 Å². The molecule has 0 aliphatic heterocycles. The maximum absolute atomic E-state index is 11.8. The topological polar surface area (TPSA) is 104 Å². The number of carbonyl (C=O) groups excluding carboxylic acids is 1. The van der Waals surface area contributed by atoms with Gasteiger partial charge in [0.25, 0.3) is 0 Å². The van der Waals surface area contributed by atoms with Gasteiger partial charge in [0, 0.05) is 13.0 Å². The second kappa shape index (κ2) is 7.35. The van der Waals surface area contributed by atoms with Gasteiger partial charge in [-0.25, -0.2) is 4.79 Å². The first kappa shape index (κ1) is 17.4. The van der Waals surface area contributed by atoms with Crippen LogP contribution in [-0.4, -0.2) is 33.8 Å². The summed E-state index contributed by atoms with van der Waals surface area (Å²) in [5, 5.41) is 23.4. The van der Waals surface area contributed by atoms with E-state index in [0.717, 1.165) is 11.4 Å². The van der Waals surface area contributed by atoms with Gasteiger partial charge in [0.15, 0.2) is 0 Å². The van der Waals surface area contributed by atoms with Crippen LogP contribution in [0, 0.1) is 11.3 Å². The summed E-state index contributed by atoms with van der Waals surface area (Å²) >= 11 is 1.32. The maximum Gasteiger partial charge on any atom is 0.321 e. The Morgan fingerprint density at radius 2 is 2.05 bits per heavy atom. The predicted octanol–water partition coefficient (Wildman–Crippen LogP) is 2.36. The second-order valence-electron chi connectivity index (χ2n) is 5.63. The van der Waals surface area contributed by atoms with E-state index in [1.54, 1.807) is 13.8 Å². The van der Waals surface area contributed by atoms with E-state index in [1.165, 1.54) is 11.3 Å². The third-order valence-electron chi connectivity index (χ3n) is 3.21. The summed E-state index contributed by atoms with van der Waals surface area (Å²) in [4.78, 5) is 22.9. The van der Waals surface area contributed by atoms with Crippen LogP contribution in [0.3, 0.4) is 0 Å². The van der Waals surface area contributed by atoms with E-state index in [0.29, 0.717) is 17.5 Å². The average Bonchev–Trinajstić information content (AvgIpc) is 2.82. The van der Waals surface area contributed by atoms with Crippen molar-refractivity contribution in [3.05, 3.63) is 5.01 Å². The number of carboxylic acid groups (broad SMARTS) is 1. The Hall–Kier alpha value is -1.70. The zero-order valence-electron chi connectivity index (χ0n) is 12.8. The molecule has 2 amide bonds. The highest BCUT2D eigenvalue weighted by Crippen LogP contribution is 2.20. The molecule has 0 radical (unpaired) electrons. The van der Waals surface area contributed by atoms with Gasteiger partial charge in [0.2, 0.25) is 5.13 Å². The van der Waals surface area contributed by atoms with Crippen LogP contribution in [0.5, 0.6) is 0 Å². The molecule has 0 aromatic carbocycles. The SMILES string of the molecule is CCC(C)(CNC(=O)Nc1nnc(CC(C)C)s1)C(=O)O. The first-order valence-corrected chi connectivity index (χ1v) is 7.69. The first-order valence-electron chi connectivity index (χ1n) is 6.87. The van der Waals surface area contributed by atoms with Crippen LogP contribution in [-0.2, 0) is 11.2 Å². The number of aromatic nitrogens is 2. The molecule has 0 bridgehead atoms. The summed E-state index contributed by atoms with van der Waals surface area (Å²) < 4.78 is 0. The molecule has 3 N–H and O–H groups in total. The molecular weight excluding hydrogens is 292 g/mol. The molecular formula is C13H22N4O3S. The zero-order valence-corrected chi connectivity index (χ0v) is 13.6. The monoisotopic (exact) mass is 314 g/mol. The van der Waals surface area contributed by atoms with Gasteiger partial charge in [-0.2, -0.15) is 0 Å². The van der Waals surface area contributed by atoms with Crippen molar-refractivity contribution in [3.63, 3.8) is 0 Å². The van der Waals surface area contributed by atoms with E-state index in [2.05, 4.69) is 34.7 Å². The summed E-state index contributed by atoms with van der Waals surface area (Å²) in [6, 6.07) is -0.469. The van der Waals surface area contributed by atoms with Crippen molar-refractivity contribution in [1.29, 1.82) is 0 Å². The van der Waals surface area contributed by atoms with Crippen molar-refractivity contribution >= 4 is 28.5 Å². The molecule has 0 aliphatic carbocycles. The van der Waals surface area contributed by atoms with Crippen LogP contribution in [0.2, 0.25) is 0 Å². The van der Waals surface area contributed by atoms with E-state index < -0.39 is 17.4 Å². The van der Waals surface area contributed by atoms with E-state index in [-0.39, 0.29) is 6.54 Å². The highest BCUT2D eigenvalue weighted by atomic mass is 32.1. The lowest BCUT2D eigenvalue weighted by molar-refractivity contribution is -0.147. The number of nitrogens with zero attached hydrogens (tertiary/aromatic N) is 2. The third kappa shape index (κ3) is 5.30. The van der Waals surface area contributed by atoms with Crippen LogP contribution in [0.1, 0.15) is 39.1 Å². The summed E-state index contributed by atoms with van der Waals surface area (Å²) in [6.45, 7) is 7.59. The van der Waals surface area contributed by atoms with Crippen LogP contribution in [0.25, 0.3) is 0 Å². The molecule has 0 spiro atoms. The summed E-state index contributed by atoms with van der Waals surface area (Å²) in [6.07, 6.45) is 1.24. The molecule has 1 atom stereocenters. The number of anilines is 1. The number of carbonyl (C=O) groups is 2. The van der Waals surface area contributed by atoms with Gasteiger partial charge in [0.05, 0.1) is 5.41 Å². The molecule has 1 heterocycles. The van der Waals surface area contributed by atoms with Crippen molar-refractivity contribution < 1.29 is 14.7 Å². The third-order valence-corrected chi connectivity index (χ3v) is 4.07. The van der Waals surface area contributed by atoms with Crippen LogP contribution in [0.4, 0.5) is 9.93 Å². The van der Waals surface area contributed by atoms with Crippen molar-refractivity contribution in [1.82, 2.24) is 15.5 Å². The first-order chi connectivity index (χ1) is 9.76. The number of rotatable bonds is 7. The molecule has 1 aromatic rings. The Balaban J connectivity index is 2.50. The number of urea groups is 1. The zero-order chi connectivity index (χ0) is 16.0. The standard InChI is InChI=1S/C13H22N4O3S/c1-5-13(4,10(18)19)7-14-11(20)15-12-17-16-9(21-12)6-8(2)3/h8H,5-7H2,1-4H3,(H,18,19)(H2,14,15,17,20). The molecule has 0 fully saturated rings. The van der Waals surface area contributed by atoms with Crippen molar-refractivity contribution in [2.75, 3.05) is 11.9 Å². The molecule has 1 aromatic heterocycles. The van der Waals surface area contributed by atoms with E-state index in [9.17, 15) is 9.59 Å².